The molecule has 3 heteroatoms. The molecule has 0 bridgehead atoms. The van der Waals surface area contributed by atoms with Gasteiger partial charge in [0.15, 0.2) is 0 Å². The summed E-state index contributed by atoms with van der Waals surface area (Å²) in [6.45, 7) is 13.4. The van der Waals surface area contributed by atoms with Gasteiger partial charge in [-0.05, 0) is 22.2 Å². The molecule has 0 saturated carbocycles. The molecule has 1 atom stereocenters. The third-order valence-electron chi connectivity index (χ3n) is 5.83. The highest BCUT2D eigenvalue weighted by Gasteiger charge is 2.38. The van der Waals surface area contributed by atoms with Gasteiger partial charge in [0.25, 0.3) is 0 Å². The van der Waals surface area contributed by atoms with E-state index in [1.54, 1.807) is 0 Å². The van der Waals surface area contributed by atoms with E-state index in [-0.39, 0.29) is 11.1 Å². The lowest BCUT2D eigenvalue weighted by atomic mass is 10.1. The van der Waals surface area contributed by atoms with E-state index in [4.69, 9.17) is 0 Å². The van der Waals surface area contributed by atoms with E-state index >= 15 is 0 Å². The molecule has 0 fully saturated rings. The molecule has 0 aromatic heterocycles. The molecule has 2 nitrogen and oxygen atoms in total. The number of hydrogen-bond donors (Lipinski definition) is 0. The number of aldehydes is 1. The van der Waals surface area contributed by atoms with Crippen LogP contribution in [-0.2, 0) is 17.9 Å². The van der Waals surface area contributed by atoms with Crippen LogP contribution in [0.4, 0.5) is 0 Å². The molecule has 0 radical (unpaired) electrons. The van der Waals surface area contributed by atoms with E-state index in [1.807, 2.05) is 12.1 Å². The highest BCUT2D eigenvalue weighted by Crippen LogP contribution is 2.40. The monoisotopic (exact) mass is 367 g/mol. The second kappa shape index (κ2) is 8.78. The van der Waals surface area contributed by atoms with Crippen LogP contribution in [0.15, 0.2) is 60.7 Å². The summed E-state index contributed by atoms with van der Waals surface area (Å²) in [4.78, 5) is 14.5. The molecule has 0 unspecified atom stereocenters. The predicted molar refractivity (Wildman–Crippen MR) is 114 cm³/mol. The van der Waals surface area contributed by atoms with Gasteiger partial charge >= 0.3 is 0 Å². The Kier molecular flexibility index (Phi) is 6.96. The summed E-state index contributed by atoms with van der Waals surface area (Å²) in [6.07, 6.45) is 1.17. The van der Waals surface area contributed by atoms with Crippen molar-refractivity contribution < 1.29 is 4.79 Å². The normalized spacial score (nSPS) is 13.6. The van der Waals surface area contributed by atoms with Crippen LogP contribution in [-0.4, -0.2) is 25.3 Å². The average Bonchev–Trinajstić information content (AvgIpc) is 2.60. The van der Waals surface area contributed by atoms with Gasteiger partial charge < -0.3 is 4.79 Å². The molecule has 0 amide bonds. The number of rotatable bonds is 8. The van der Waals surface area contributed by atoms with Crippen LogP contribution in [0.3, 0.4) is 0 Å². The van der Waals surface area contributed by atoms with Crippen LogP contribution < -0.4 is 0 Å². The van der Waals surface area contributed by atoms with Crippen LogP contribution >= 0.6 is 0 Å². The Morgan fingerprint density at radius 3 is 1.65 bits per heavy atom. The Balaban J connectivity index is 2.26. The summed E-state index contributed by atoms with van der Waals surface area (Å²) in [5.74, 6) is 0. The first-order chi connectivity index (χ1) is 12.2. The second-order valence-corrected chi connectivity index (χ2v) is 14.6. The molecule has 140 valence electrons. The van der Waals surface area contributed by atoms with E-state index in [0.717, 1.165) is 19.1 Å². The van der Waals surface area contributed by atoms with Crippen LogP contribution in [0.25, 0.3) is 0 Å². The molecule has 0 aliphatic rings. The van der Waals surface area contributed by atoms with Crippen LogP contribution in [0, 0.1) is 0 Å². The van der Waals surface area contributed by atoms with Crippen molar-refractivity contribution in [2.24, 2.45) is 0 Å². The predicted octanol–water partition coefficient (Wildman–Crippen LogP) is 5.76. The fraction of sp³-hybridized carbons (Fsp3) is 0.435. The molecular weight excluding hydrogens is 334 g/mol. The van der Waals surface area contributed by atoms with Gasteiger partial charge in [-0.1, -0.05) is 94.5 Å². The zero-order valence-corrected chi connectivity index (χ0v) is 17.9. The third-order valence-corrected chi connectivity index (χ3v) is 11.3. The minimum Gasteiger partial charge on any atom is -0.302 e. The number of benzene rings is 2. The van der Waals surface area contributed by atoms with Gasteiger partial charge in [0.2, 0.25) is 0 Å². The fourth-order valence-electron chi connectivity index (χ4n) is 3.02. The quantitative estimate of drug-likeness (QED) is 0.436. The summed E-state index contributed by atoms with van der Waals surface area (Å²) in [6, 6.07) is 21.9. The van der Waals surface area contributed by atoms with Crippen LogP contribution in [0.5, 0.6) is 0 Å². The van der Waals surface area contributed by atoms with Gasteiger partial charge in [0.1, 0.15) is 6.29 Å². The summed E-state index contributed by atoms with van der Waals surface area (Å²) in [5, 5.41) is 0.277. The van der Waals surface area contributed by atoms with E-state index in [1.165, 1.54) is 17.4 Å². The molecule has 0 saturated heterocycles. The molecular formula is C23H33NOSi. The molecule has 26 heavy (non-hydrogen) atoms. The highest BCUT2D eigenvalue weighted by molar-refractivity contribution is 6.80. The molecule has 2 rings (SSSR count). The van der Waals surface area contributed by atoms with Crippen LogP contribution in [0.2, 0.25) is 24.2 Å². The average molecular weight is 368 g/mol. The molecule has 0 aliphatic heterocycles. The van der Waals surface area contributed by atoms with Crippen molar-refractivity contribution in [2.45, 2.75) is 64.1 Å². The third kappa shape index (κ3) is 5.65. The van der Waals surface area contributed by atoms with Gasteiger partial charge in [-0.25, -0.2) is 0 Å². The second-order valence-electron chi connectivity index (χ2n) is 8.92. The van der Waals surface area contributed by atoms with Gasteiger partial charge in [0, 0.05) is 13.1 Å². The molecule has 0 spiro atoms. The summed E-state index contributed by atoms with van der Waals surface area (Å²) in [7, 11) is -1.56. The largest absolute Gasteiger partial charge is 0.302 e. The molecule has 0 N–H and O–H groups in total. The number of nitrogens with zero attached hydrogens (tertiary/aromatic N) is 1. The lowest BCUT2D eigenvalue weighted by molar-refractivity contribution is -0.112. The smallest absolute Gasteiger partial charge is 0.136 e. The van der Waals surface area contributed by atoms with Crippen molar-refractivity contribution >= 4 is 14.4 Å². The molecule has 0 aliphatic carbocycles. The summed E-state index contributed by atoms with van der Waals surface area (Å²) in [5.41, 5.74) is 2.51. The van der Waals surface area contributed by atoms with Crippen molar-refractivity contribution in [3.8, 4) is 0 Å². The van der Waals surface area contributed by atoms with Crippen molar-refractivity contribution in [1.82, 2.24) is 4.90 Å². The van der Waals surface area contributed by atoms with Crippen molar-refractivity contribution in [2.75, 3.05) is 0 Å². The summed E-state index contributed by atoms with van der Waals surface area (Å²) >= 11 is 0. The first-order valence-electron chi connectivity index (χ1n) is 9.50. The first-order valence-corrected chi connectivity index (χ1v) is 12.7. The van der Waals surface area contributed by atoms with E-state index in [2.05, 4.69) is 87.3 Å². The number of carbonyl (C=O) groups is 1. The van der Waals surface area contributed by atoms with Crippen molar-refractivity contribution in [3.63, 3.8) is 0 Å². The zero-order valence-electron chi connectivity index (χ0n) is 16.9. The maximum absolute atomic E-state index is 12.1. The zero-order chi connectivity index (χ0) is 19.2. The van der Waals surface area contributed by atoms with Crippen molar-refractivity contribution in [1.29, 1.82) is 0 Å². The maximum atomic E-state index is 12.1. The van der Waals surface area contributed by atoms with Gasteiger partial charge in [0.05, 0.1) is 14.1 Å². The number of carbonyl (C=O) groups excluding carboxylic acids is 1. The summed E-state index contributed by atoms with van der Waals surface area (Å²) < 4.78 is 0. The van der Waals surface area contributed by atoms with Crippen molar-refractivity contribution in [3.05, 3.63) is 71.8 Å². The maximum Gasteiger partial charge on any atom is 0.136 e. The molecule has 0 heterocycles. The van der Waals surface area contributed by atoms with E-state index in [9.17, 15) is 4.79 Å². The van der Waals surface area contributed by atoms with Gasteiger partial charge in [-0.15, -0.1) is 0 Å². The minimum atomic E-state index is -1.56. The van der Waals surface area contributed by atoms with Gasteiger partial charge in [-0.3, -0.25) is 4.90 Å². The van der Waals surface area contributed by atoms with E-state index in [0.29, 0.717) is 0 Å². The molecule has 2 aromatic rings. The lowest BCUT2D eigenvalue weighted by Crippen LogP contribution is -2.46. The van der Waals surface area contributed by atoms with E-state index < -0.39 is 8.07 Å². The molecule has 2 aromatic carbocycles. The van der Waals surface area contributed by atoms with Crippen LogP contribution in [0.1, 0.15) is 31.9 Å². The number of hydrogen-bond acceptors (Lipinski definition) is 2. The topological polar surface area (TPSA) is 20.3 Å². The Morgan fingerprint density at radius 1 is 0.885 bits per heavy atom. The Morgan fingerprint density at radius 2 is 1.31 bits per heavy atom. The first kappa shape index (κ1) is 20.6. The highest BCUT2D eigenvalue weighted by atomic mass is 28.3. The fourth-order valence-corrected chi connectivity index (χ4v) is 5.03. The lowest BCUT2D eigenvalue weighted by Gasteiger charge is -2.41. The Labute approximate surface area is 160 Å². The Bertz CT molecular complexity index is 635. The SMILES string of the molecule is CC(C)(C)[Si](C)(C)C[C@@H](C=O)N(Cc1ccccc1)Cc1ccccc1. The standard InChI is InChI=1S/C23H33NOSi/c1-23(2,3)26(4,5)19-22(18-25)24(16-20-12-8-6-9-13-20)17-21-14-10-7-11-15-21/h6-15,18,22H,16-17,19H2,1-5H3/t22-/m1/s1. The Hall–Kier alpha value is -1.71. The minimum absolute atomic E-state index is 0.0451. The van der Waals surface area contributed by atoms with Gasteiger partial charge in [-0.2, -0.15) is 0 Å².